The Hall–Kier alpha value is -1.98. The molecule has 0 saturated heterocycles. The lowest BCUT2D eigenvalue weighted by molar-refractivity contribution is 0.867. The minimum absolute atomic E-state index is 0.539. The van der Waals surface area contributed by atoms with Crippen molar-refractivity contribution in [1.29, 1.82) is 5.26 Å². The number of halogens is 1. The van der Waals surface area contributed by atoms with Crippen LogP contribution in [0, 0.1) is 11.3 Å². The van der Waals surface area contributed by atoms with Crippen LogP contribution in [0.25, 0.3) is 0 Å². The zero-order valence-electron chi connectivity index (χ0n) is 11.7. The zero-order valence-corrected chi connectivity index (χ0v) is 12.4. The summed E-state index contributed by atoms with van der Waals surface area (Å²) in [5.41, 5.74) is 3.96. The molecule has 2 aromatic carbocycles. The number of hydrogen-bond acceptors (Lipinski definition) is 2. The van der Waals surface area contributed by atoms with E-state index in [2.05, 4.69) is 49.5 Å². The largest absolute Gasteiger partial charge is 0.381 e. The summed E-state index contributed by atoms with van der Waals surface area (Å²) < 4.78 is 0. The number of benzene rings is 2. The fourth-order valence-electron chi connectivity index (χ4n) is 1.94. The van der Waals surface area contributed by atoms with Crippen LogP contribution in [-0.2, 0) is 6.54 Å². The van der Waals surface area contributed by atoms with Crippen molar-refractivity contribution in [2.24, 2.45) is 0 Å². The third kappa shape index (κ3) is 3.53. The van der Waals surface area contributed by atoms with Crippen LogP contribution in [0.2, 0.25) is 5.02 Å². The van der Waals surface area contributed by atoms with Crippen LogP contribution >= 0.6 is 11.6 Å². The lowest BCUT2D eigenvalue weighted by atomic mass is 10.0. The van der Waals surface area contributed by atoms with Crippen LogP contribution in [0.15, 0.2) is 42.5 Å². The van der Waals surface area contributed by atoms with Crippen LogP contribution < -0.4 is 5.32 Å². The topological polar surface area (TPSA) is 35.8 Å². The van der Waals surface area contributed by atoms with Gasteiger partial charge in [-0.25, -0.2) is 0 Å². The molecule has 0 fully saturated rings. The summed E-state index contributed by atoms with van der Waals surface area (Å²) in [7, 11) is 0. The summed E-state index contributed by atoms with van der Waals surface area (Å²) in [6.45, 7) is 5.00. The fourth-order valence-corrected chi connectivity index (χ4v) is 2.19. The molecule has 0 aliphatic heterocycles. The summed E-state index contributed by atoms with van der Waals surface area (Å²) >= 11 is 6.15. The van der Waals surface area contributed by atoms with Crippen molar-refractivity contribution in [3.8, 4) is 6.07 Å². The van der Waals surface area contributed by atoms with Gasteiger partial charge in [-0.05, 0) is 41.3 Å². The highest BCUT2D eigenvalue weighted by Gasteiger charge is 2.03. The van der Waals surface area contributed by atoms with Crippen LogP contribution in [0.1, 0.15) is 36.5 Å². The molecule has 0 spiro atoms. The molecule has 0 aliphatic carbocycles. The maximum absolute atomic E-state index is 8.81. The second-order valence-electron chi connectivity index (χ2n) is 5.05. The quantitative estimate of drug-likeness (QED) is 0.862. The molecule has 0 atom stereocenters. The van der Waals surface area contributed by atoms with Crippen molar-refractivity contribution in [2.75, 3.05) is 5.32 Å². The number of anilines is 1. The van der Waals surface area contributed by atoms with Crippen molar-refractivity contribution in [2.45, 2.75) is 26.3 Å². The van der Waals surface area contributed by atoms with Gasteiger partial charge >= 0.3 is 0 Å². The molecule has 2 rings (SSSR count). The highest BCUT2D eigenvalue weighted by molar-refractivity contribution is 6.31. The van der Waals surface area contributed by atoms with Gasteiger partial charge in [0, 0.05) is 17.3 Å². The number of rotatable bonds is 4. The van der Waals surface area contributed by atoms with Gasteiger partial charge in [0.25, 0.3) is 0 Å². The molecular weight excluding hydrogens is 268 g/mol. The lowest BCUT2D eigenvalue weighted by Gasteiger charge is -2.10. The van der Waals surface area contributed by atoms with E-state index in [1.54, 1.807) is 12.1 Å². The van der Waals surface area contributed by atoms with E-state index in [1.807, 2.05) is 6.07 Å². The van der Waals surface area contributed by atoms with E-state index < -0.39 is 0 Å². The van der Waals surface area contributed by atoms with Gasteiger partial charge in [-0.3, -0.25) is 0 Å². The molecule has 0 aliphatic rings. The molecule has 2 aromatic rings. The van der Waals surface area contributed by atoms with Crippen LogP contribution in [0.3, 0.4) is 0 Å². The molecule has 0 unspecified atom stereocenters. The number of nitriles is 1. The van der Waals surface area contributed by atoms with Crippen LogP contribution in [-0.4, -0.2) is 0 Å². The van der Waals surface area contributed by atoms with Gasteiger partial charge in [-0.2, -0.15) is 5.26 Å². The first-order valence-electron chi connectivity index (χ1n) is 6.62. The van der Waals surface area contributed by atoms with Gasteiger partial charge in [0.15, 0.2) is 0 Å². The summed E-state index contributed by atoms with van der Waals surface area (Å²) in [6, 6.07) is 15.9. The van der Waals surface area contributed by atoms with Crippen molar-refractivity contribution in [3.05, 3.63) is 64.2 Å². The monoisotopic (exact) mass is 284 g/mol. The smallest absolute Gasteiger partial charge is 0.0992 e. The number of nitrogens with zero attached hydrogens (tertiary/aromatic N) is 1. The molecule has 0 saturated carbocycles. The Labute approximate surface area is 125 Å². The predicted molar refractivity (Wildman–Crippen MR) is 84.0 cm³/mol. The van der Waals surface area contributed by atoms with Crippen LogP contribution in [0.5, 0.6) is 0 Å². The van der Waals surface area contributed by atoms with E-state index >= 15 is 0 Å². The van der Waals surface area contributed by atoms with E-state index in [4.69, 9.17) is 16.9 Å². The van der Waals surface area contributed by atoms with Crippen molar-refractivity contribution < 1.29 is 0 Å². The Balaban J connectivity index is 2.03. The molecule has 1 N–H and O–H groups in total. The van der Waals surface area contributed by atoms with Gasteiger partial charge in [-0.1, -0.05) is 43.6 Å². The molecule has 0 heterocycles. The Morgan fingerprint density at radius 2 is 1.85 bits per heavy atom. The molecule has 20 heavy (non-hydrogen) atoms. The Kier molecular flexibility index (Phi) is 4.65. The molecule has 0 radical (unpaired) electrons. The Morgan fingerprint density at radius 3 is 2.40 bits per heavy atom. The van der Waals surface area contributed by atoms with Crippen molar-refractivity contribution >= 4 is 17.3 Å². The minimum atomic E-state index is 0.539. The normalized spacial score (nSPS) is 10.3. The highest BCUT2D eigenvalue weighted by Crippen LogP contribution is 2.21. The maximum Gasteiger partial charge on any atom is 0.0992 e. The summed E-state index contributed by atoms with van der Waals surface area (Å²) in [6.07, 6.45) is 0. The average Bonchev–Trinajstić information content (AvgIpc) is 2.46. The van der Waals surface area contributed by atoms with E-state index in [0.29, 0.717) is 23.0 Å². The summed E-state index contributed by atoms with van der Waals surface area (Å²) in [5, 5.41) is 12.8. The lowest BCUT2D eigenvalue weighted by Crippen LogP contribution is -2.00. The first-order valence-corrected chi connectivity index (χ1v) is 7.00. The van der Waals surface area contributed by atoms with Gasteiger partial charge < -0.3 is 5.32 Å². The molecule has 0 bridgehead atoms. The van der Waals surface area contributed by atoms with E-state index in [-0.39, 0.29) is 0 Å². The van der Waals surface area contributed by atoms with Gasteiger partial charge in [0.1, 0.15) is 0 Å². The predicted octanol–water partition coefficient (Wildman–Crippen LogP) is 4.95. The van der Waals surface area contributed by atoms with Crippen molar-refractivity contribution in [3.63, 3.8) is 0 Å². The fraction of sp³-hybridized carbons (Fsp3) is 0.235. The maximum atomic E-state index is 8.81. The molecule has 102 valence electrons. The summed E-state index contributed by atoms with van der Waals surface area (Å²) in [5.74, 6) is 0.539. The number of nitrogens with one attached hydrogen (secondary N) is 1. The average molecular weight is 285 g/mol. The third-order valence-corrected chi connectivity index (χ3v) is 3.59. The van der Waals surface area contributed by atoms with E-state index in [1.165, 1.54) is 5.56 Å². The van der Waals surface area contributed by atoms with Crippen molar-refractivity contribution in [1.82, 2.24) is 0 Å². The standard InChI is InChI=1S/C17H17ClN2/c1-12(2)14-5-7-16(8-6-14)20-11-15-4-3-13(10-19)9-17(15)18/h3-9,12,20H,11H2,1-2H3. The first-order chi connectivity index (χ1) is 9.60. The number of hydrogen-bond donors (Lipinski definition) is 1. The second-order valence-corrected chi connectivity index (χ2v) is 5.46. The highest BCUT2D eigenvalue weighted by atomic mass is 35.5. The SMILES string of the molecule is CC(C)c1ccc(NCc2ccc(C#N)cc2Cl)cc1. The summed E-state index contributed by atoms with van der Waals surface area (Å²) in [4.78, 5) is 0. The van der Waals surface area contributed by atoms with E-state index in [9.17, 15) is 0 Å². The third-order valence-electron chi connectivity index (χ3n) is 3.24. The van der Waals surface area contributed by atoms with E-state index in [0.717, 1.165) is 11.3 Å². The Morgan fingerprint density at radius 1 is 1.15 bits per heavy atom. The second kappa shape index (κ2) is 6.45. The molecule has 2 nitrogen and oxygen atoms in total. The van der Waals surface area contributed by atoms with Crippen LogP contribution in [0.4, 0.5) is 5.69 Å². The molecule has 3 heteroatoms. The molecular formula is C17H17ClN2. The first kappa shape index (κ1) is 14.4. The minimum Gasteiger partial charge on any atom is -0.381 e. The van der Waals surface area contributed by atoms with Gasteiger partial charge in [0.05, 0.1) is 11.6 Å². The Bertz CT molecular complexity index is 624. The van der Waals surface area contributed by atoms with Gasteiger partial charge in [-0.15, -0.1) is 0 Å². The molecule has 0 amide bonds. The van der Waals surface area contributed by atoms with Gasteiger partial charge in [0.2, 0.25) is 0 Å². The molecule has 0 aromatic heterocycles. The zero-order chi connectivity index (χ0) is 14.5.